The molecule has 0 amide bonds. The quantitative estimate of drug-likeness (QED) is 0.765. The van der Waals surface area contributed by atoms with Crippen molar-refractivity contribution in [2.75, 3.05) is 37.8 Å². The Balaban J connectivity index is 1.61. The number of hydrogen-bond donors (Lipinski definition) is 0. The van der Waals surface area contributed by atoms with Crippen molar-refractivity contribution < 1.29 is 26.7 Å². The fourth-order valence-electron chi connectivity index (χ4n) is 3.31. The van der Waals surface area contributed by atoms with Gasteiger partial charge < -0.3 is 14.4 Å². The number of nitrogens with zero attached hydrogens (tertiary/aromatic N) is 1. The molecule has 8 heteroatoms. The summed E-state index contributed by atoms with van der Waals surface area (Å²) in [5, 5.41) is 0. The highest BCUT2D eigenvalue weighted by Gasteiger charge is 2.32. The third-order valence-electron chi connectivity index (χ3n) is 4.78. The van der Waals surface area contributed by atoms with E-state index in [1.54, 1.807) is 12.1 Å². The van der Waals surface area contributed by atoms with Crippen molar-refractivity contribution in [3.63, 3.8) is 0 Å². The number of ether oxygens (including phenoxy) is 2. The number of alkyl halides is 2. The predicted octanol–water partition coefficient (Wildman–Crippen LogP) is 2.70. The van der Waals surface area contributed by atoms with E-state index in [4.69, 9.17) is 9.47 Å². The van der Waals surface area contributed by atoms with Crippen LogP contribution in [0.5, 0.6) is 0 Å². The van der Waals surface area contributed by atoms with Gasteiger partial charge in [-0.05, 0) is 31.4 Å². The number of sulfone groups is 1. The summed E-state index contributed by atoms with van der Waals surface area (Å²) in [7, 11) is -4.61. The van der Waals surface area contributed by atoms with Crippen LogP contribution in [0.25, 0.3) is 0 Å². The van der Waals surface area contributed by atoms with Gasteiger partial charge in [-0.1, -0.05) is 12.1 Å². The Morgan fingerprint density at radius 1 is 1.20 bits per heavy atom. The van der Waals surface area contributed by atoms with Crippen molar-refractivity contribution in [2.45, 2.75) is 36.0 Å². The summed E-state index contributed by atoms with van der Waals surface area (Å²) >= 11 is 0. The molecule has 2 aliphatic rings. The SMILES string of the molecule is O=S(=O)(c1ccccc1N1CCC(OCC2CCOC2)CC1)C(F)F. The van der Waals surface area contributed by atoms with Crippen molar-refractivity contribution in [2.24, 2.45) is 5.92 Å². The smallest absolute Gasteiger partial charge is 0.341 e. The van der Waals surface area contributed by atoms with Crippen molar-refractivity contribution >= 4 is 15.5 Å². The van der Waals surface area contributed by atoms with Gasteiger partial charge in [-0.15, -0.1) is 0 Å². The van der Waals surface area contributed by atoms with Crippen LogP contribution in [0.2, 0.25) is 0 Å². The molecule has 1 aromatic rings. The van der Waals surface area contributed by atoms with Gasteiger partial charge in [-0.3, -0.25) is 0 Å². The average Bonchev–Trinajstić information content (AvgIpc) is 3.14. The Morgan fingerprint density at radius 3 is 2.56 bits per heavy atom. The van der Waals surface area contributed by atoms with E-state index in [1.165, 1.54) is 12.1 Å². The normalized spacial score (nSPS) is 22.7. The summed E-state index contributed by atoms with van der Waals surface area (Å²) < 4.78 is 60.9. The maximum absolute atomic E-state index is 12.9. The fourth-order valence-corrected chi connectivity index (χ4v) is 4.25. The van der Waals surface area contributed by atoms with E-state index in [0.29, 0.717) is 31.3 Å². The van der Waals surface area contributed by atoms with Crippen molar-refractivity contribution in [3.05, 3.63) is 24.3 Å². The molecule has 1 aromatic carbocycles. The molecule has 2 fully saturated rings. The van der Waals surface area contributed by atoms with E-state index in [2.05, 4.69) is 0 Å². The van der Waals surface area contributed by atoms with Gasteiger partial charge in [0.05, 0.1) is 29.9 Å². The lowest BCUT2D eigenvalue weighted by Crippen LogP contribution is -2.38. The molecule has 25 heavy (non-hydrogen) atoms. The highest BCUT2D eigenvalue weighted by Crippen LogP contribution is 2.31. The first-order chi connectivity index (χ1) is 12.0. The standard InChI is InChI=1S/C17H23F2NO4S/c18-17(19)25(21,22)16-4-2-1-3-15(16)20-8-5-14(6-9-20)24-12-13-7-10-23-11-13/h1-4,13-14,17H,5-12H2. The highest BCUT2D eigenvalue weighted by molar-refractivity contribution is 7.91. The number of rotatable bonds is 6. The number of halogens is 2. The van der Waals surface area contributed by atoms with Crippen LogP contribution in [0.1, 0.15) is 19.3 Å². The second-order valence-electron chi connectivity index (χ2n) is 6.52. The summed E-state index contributed by atoms with van der Waals surface area (Å²) in [6.07, 6.45) is 2.64. The third kappa shape index (κ3) is 4.30. The van der Waals surface area contributed by atoms with E-state index < -0.39 is 15.6 Å². The van der Waals surface area contributed by atoms with Gasteiger partial charge in [0.2, 0.25) is 9.84 Å². The van der Waals surface area contributed by atoms with Crippen molar-refractivity contribution in [3.8, 4) is 0 Å². The van der Waals surface area contributed by atoms with E-state index in [1.807, 2.05) is 4.90 Å². The Bertz CT molecular complexity index is 669. The molecule has 2 heterocycles. The Kier molecular flexibility index (Phi) is 5.91. The Labute approximate surface area is 146 Å². The lowest BCUT2D eigenvalue weighted by atomic mass is 10.1. The molecule has 0 saturated carbocycles. The van der Waals surface area contributed by atoms with Gasteiger partial charge in [0.25, 0.3) is 0 Å². The molecule has 140 valence electrons. The van der Waals surface area contributed by atoms with Gasteiger partial charge in [-0.2, -0.15) is 8.78 Å². The molecule has 1 atom stereocenters. The average molecular weight is 375 g/mol. The summed E-state index contributed by atoms with van der Waals surface area (Å²) in [6, 6.07) is 5.98. The number of piperidine rings is 1. The molecule has 3 rings (SSSR count). The molecular weight excluding hydrogens is 352 g/mol. The highest BCUT2D eigenvalue weighted by atomic mass is 32.2. The summed E-state index contributed by atoms with van der Waals surface area (Å²) in [4.78, 5) is 1.56. The largest absolute Gasteiger partial charge is 0.381 e. The second-order valence-corrected chi connectivity index (χ2v) is 8.41. The van der Waals surface area contributed by atoms with E-state index in [9.17, 15) is 17.2 Å². The van der Waals surface area contributed by atoms with Crippen LogP contribution >= 0.6 is 0 Å². The summed E-state index contributed by atoms with van der Waals surface area (Å²) in [5.41, 5.74) is 0.352. The minimum atomic E-state index is -4.61. The monoisotopic (exact) mass is 375 g/mol. The molecule has 0 aliphatic carbocycles. The van der Waals surface area contributed by atoms with E-state index in [0.717, 1.165) is 32.5 Å². The first-order valence-corrected chi connectivity index (χ1v) is 10.1. The molecule has 0 aromatic heterocycles. The first-order valence-electron chi connectivity index (χ1n) is 8.54. The van der Waals surface area contributed by atoms with Crippen LogP contribution < -0.4 is 4.90 Å². The fraction of sp³-hybridized carbons (Fsp3) is 0.647. The number of hydrogen-bond acceptors (Lipinski definition) is 5. The zero-order chi connectivity index (χ0) is 17.9. The van der Waals surface area contributed by atoms with Gasteiger partial charge >= 0.3 is 5.76 Å². The predicted molar refractivity (Wildman–Crippen MR) is 89.7 cm³/mol. The topological polar surface area (TPSA) is 55.8 Å². The van der Waals surface area contributed by atoms with Crippen molar-refractivity contribution in [1.82, 2.24) is 0 Å². The van der Waals surface area contributed by atoms with Crippen LogP contribution in [0, 0.1) is 5.92 Å². The lowest BCUT2D eigenvalue weighted by molar-refractivity contribution is 0.0131. The van der Waals surface area contributed by atoms with Gasteiger partial charge in [0.1, 0.15) is 0 Å². The summed E-state index contributed by atoms with van der Waals surface area (Å²) in [5.74, 6) is -2.96. The maximum Gasteiger partial charge on any atom is 0.341 e. The van der Waals surface area contributed by atoms with Gasteiger partial charge in [-0.25, -0.2) is 8.42 Å². The van der Waals surface area contributed by atoms with Crippen LogP contribution in [0.3, 0.4) is 0 Å². The molecular formula is C17H23F2NO4S. The zero-order valence-corrected chi connectivity index (χ0v) is 14.8. The van der Waals surface area contributed by atoms with Crippen LogP contribution in [-0.2, 0) is 19.3 Å². The van der Waals surface area contributed by atoms with Gasteiger partial charge in [0.15, 0.2) is 0 Å². The number of para-hydroxylation sites is 1. The number of benzene rings is 1. The van der Waals surface area contributed by atoms with Crippen LogP contribution in [0.4, 0.5) is 14.5 Å². The molecule has 0 spiro atoms. The minimum absolute atomic E-state index is 0.121. The first kappa shape index (κ1) is 18.5. The molecule has 1 unspecified atom stereocenters. The van der Waals surface area contributed by atoms with Crippen LogP contribution in [-0.4, -0.2) is 53.2 Å². The third-order valence-corrected chi connectivity index (χ3v) is 6.21. The molecule has 2 saturated heterocycles. The van der Waals surface area contributed by atoms with Crippen molar-refractivity contribution in [1.29, 1.82) is 0 Å². The maximum atomic E-state index is 12.9. The summed E-state index contributed by atoms with van der Waals surface area (Å²) in [6.45, 7) is 3.39. The Morgan fingerprint density at radius 2 is 1.92 bits per heavy atom. The van der Waals surface area contributed by atoms with E-state index >= 15 is 0 Å². The minimum Gasteiger partial charge on any atom is -0.381 e. The van der Waals surface area contributed by atoms with Crippen LogP contribution in [0.15, 0.2) is 29.2 Å². The second kappa shape index (κ2) is 7.97. The van der Waals surface area contributed by atoms with Gasteiger partial charge in [0, 0.05) is 25.6 Å². The molecule has 0 radical (unpaired) electrons. The molecule has 2 aliphatic heterocycles. The molecule has 5 nitrogen and oxygen atoms in total. The molecule has 0 bridgehead atoms. The Hall–Kier alpha value is -1.25. The molecule has 0 N–H and O–H groups in total. The van der Waals surface area contributed by atoms with E-state index in [-0.39, 0.29) is 11.0 Å². The lowest BCUT2D eigenvalue weighted by Gasteiger charge is -2.34. The zero-order valence-electron chi connectivity index (χ0n) is 13.9. The number of anilines is 1.